The second-order valence-electron chi connectivity index (χ2n) is 6.99. The second kappa shape index (κ2) is 8.77. The summed E-state index contributed by atoms with van der Waals surface area (Å²) in [7, 11) is 1.49. The summed E-state index contributed by atoms with van der Waals surface area (Å²) in [6.45, 7) is 3.66. The van der Waals surface area contributed by atoms with Crippen LogP contribution in [0, 0.1) is 0 Å². The molecule has 0 bridgehead atoms. The number of hydrogen-bond acceptors (Lipinski definition) is 5. The fourth-order valence-electron chi connectivity index (χ4n) is 3.08. The van der Waals surface area contributed by atoms with E-state index in [1.807, 2.05) is 12.1 Å². The van der Waals surface area contributed by atoms with Crippen molar-refractivity contribution in [3.05, 3.63) is 54.1 Å². The lowest BCUT2D eigenvalue weighted by atomic mass is 9.99. The van der Waals surface area contributed by atoms with Crippen molar-refractivity contribution in [1.82, 2.24) is 4.90 Å². The van der Waals surface area contributed by atoms with Crippen LogP contribution in [0.1, 0.15) is 31.7 Å². The van der Waals surface area contributed by atoms with Crippen LogP contribution in [0.15, 0.2) is 48.5 Å². The third-order valence-electron chi connectivity index (χ3n) is 5.06. The topological polar surface area (TPSA) is 96.0 Å². The highest BCUT2D eigenvalue weighted by atomic mass is 16.5. The molecule has 3 rings (SSSR count). The van der Waals surface area contributed by atoms with E-state index in [1.54, 1.807) is 24.3 Å². The van der Waals surface area contributed by atoms with Gasteiger partial charge in [-0.15, -0.1) is 0 Å². The van der Waals surface area contributed by atoms with Crippen LogP contribution in [-0.2, 0) is 14.4 Å². The molecular formula is C22H23N3O5. The van der Waals surface area contributed by atoms with Crippen LogP contribution in [-0.4, -0.2) is 42.3 Å². The molecule has 1 saturated heterocycles. The highest BCUT2D eigenvalue weighted by molar-refractivity contribution is 6.53. The van der Waals surface area contributed by atoms with Crippen LogP contribution in [0.4, 0.5) is 16.2 Å². The summed E-state index contributed by atoms with van der Waals surface area (Å²) in [5.41, 5.74) is 1.92. The summed E-state index contributed by atoms with van der Waals surface area (Å²) in [5, 5.41) is 2.65. The van der Waals surface area contributed by atoms with E-state index in [2.05, 4.69) is 19.2 Å². The van der Waals surface area contributed by atoms with Crippen molar-refractivity contribution in [3.8, 4) is 5.75 Å². The average molecular weight is 409 g/mol. The molecule has 0 aliphatic carbocycles. The summed E-state index contributed by atoms with van der Waals surface area (Å²) < 4.78 is 5.04. The van der Waals surface area contributed by atoms with E-state index in [9.17, 15) is 19.2 Å². The zero-order valence-electron chi connectivity index (χ0n) is 17.0. The maximum Gasteiger partial charge on any atom is 0.339 e. The van der Waals surface area contributed by atoms with Crippen LogP contribution >= 0.6 is 0 Å². The maximum atomic E-state index is 12.6. The lowest BCUT2D eigenvalue weighted by molar-refractivity contribution is -0.140. The molecule has 1 fully saturated rings. The number of amides is 5. The number of benzene rings is 2. The van der Waals surface area contributed by atoms with Gasteiger partial charge in [0.2, 0.25) is 5.91 Å². The molecule has 5 amide bonds. The highest BCUT2D eigenvalue weighted by Gasteiger charge is 2.46. The molecule has 1 heterocycles. The van der Waals surface area contributed by atoms with Crippen molar-refractivity contribution in [2.45, 2.75) is 26.2 Å². The van der Waals surface area contributed by atoms with E-state index in [-0.39, 0.29) is 5.69 Å². The van der Waals surface area contributed by atoms with Crippen molar-refractivity contribution in [3.63, 3.8) is 0 Å². The number of carbonyl (C=O) groups excluding carboxylic acids is 4. The number of ether oxygens (including phenoxy) is 1. The van der Waals surface area contributed by atoms with Crippen LogP contribution < -0.4 is 15.0 Å². The minimum Gasteiger partial charge on any atom is -0.497 e. The number of rotatable bonds is 7. The molecule has 2 aromatic rings. The smallest absolute Gasteiger partial charge is 0.339 e. The molecule has 2 aromatic carbocycles. The zero-order chi connectivity index (χ0) is 21.8. The van der Waals surface area contributed by atoms with E-state index in [0.717, 1.165) is 16.9 Å². The Balaban J connectivity index is 1.68. The first-order chi connectivity index (χ1) is 14.3. The Bertz CT molecular complexity index is 969. The SMILES string of the molecule is CC[C@@H](C)c1ccc(NC(=O)CN2C(=O)C(=O)N(c3ccc(OC)cc3)C2=O)cc1. The van der Waals surface area contributed by atoms with Gasteiger partial charge in [0.25, 0.3) is 0 Å². The zero-order valence-corrected chi connectivity index (χ0v) is 17.0. The normalized spacial score (nSPS) is 14.8. The number of methoxy groups -OCH3 is 1. The monoisotopic (exact) mass is 409 g/mol. The van der Waals surface area contributed by atoms with E-state index < -0.39 is 30.3 Å². The van der Waals surface area contributed by atoms with Crippen molar-refractivity contribution in [2.75, 3.05) is 23.9 Å². The van der Waals surface area contributed by atoms with Crippen molar-refractivity contribution >= 4 is 35.1 Å². The fourth-order valence-corrected chi connectivity index (χ4v) is 3.08. The first-order valence-corrected chi connectivity index (χ1v) is 9.59. The van der Waals surface area contributed by atoms with Gasteiger partial charge >= 0.3 is 17.8 Å². The summed E-state index contributed by atoms with van der Waals surface area (Å²) >= 11 is 0. The van der Waals surface area contributed by atoms with Gasteiger partial charge in [-0.2, -0.15) is 0 Å². The van der Waals surface area contributed by atoms with Crippen LogP contribution in [0.5, 0.6) is 5.75 Å². The molecule has 0 saturated carbocycles. The highest BCUT2D eigenvalue weighted by Crippen LogP contribution is 2.25. The average Bonchev–Trinajstić information content (AvgIpc) is 2.97. The Hall–Kier alpha value is -3.68. The Morgan fingerprint density at radius 1 is 1.00 bits per heavy atom. The Kier molecular flexibility index (Phi) is 6.15. The minimum absolute atomic E-state index is 0.225. The van der Waals surface area contributed by atoms with Crippen LogP contribution in [0.2, 0.25) is 0 Å². The molecule has 1 atom stereocenters. The summed E-state index contributed by atoms with van der Waals surface area (Å²) in [4.78, 5) is 50.9. The van der Waals surface area contributed by atoms with E-state index in [1.165, 1.54) is 19.2 Å². The van der Waals surface area contributed by atoms with Gasteiger partial charge in [0.15, 0.2) is 0 Å². The Labute approximate surface area is 174 Å². The lowest BCUT2D eigenvalue weighted by Gasteiger charge is -2.16. The van der Waals surface area contributed by atoms with Crippen molar-refractivity contribution < 1.29 is 23.9 Å². The van der Waals surface area contributed by atoms with Gasteiger partial charge < -0.3 is 10.1 Å². The number of carbonyl (C=O) groups is 4. The van der Waals surface area contributed by atoms with Crippen LogP contribution in [0.25, 0.3) is 0 Å². The van der Waals surface area contributed by atoms with Crippen molar-refractivity contribution in [2.24, 2.45) is 0 Å². The number of nitrogens with one attached hydrogen (secondary N) is 1. The summed E-state index contributed by atoms with van der Waals surface area (Å²) in [6, 6.07) is 12.6. The minimum atomic E-state index is -1.04. The standard InChI is InChI=1S/C22H23N3O5/c1-4-14(2)15-5-7-16(8-6-15)23-19(26)13-24-20(27)21(28)25(22(24)29)17-9-11-18(30-3)12-10-17/h5-12,14H,4,13H2,1-3H3,(H,23,26)/t14-/m1/s1. The Morgan fingerprint density at radius 2 is 1.63 bits per heavy atom. The molecule has 1 aliphatic heterocycles. The van der Waals surface area contributed by atoms with E-state index in [0.29, 0.717) is 22.3 Å². The third-order valence-corrected chi connectivity index (χ3v) is 5.06. The predicted octanol–water partition coefficient (Wildman–Crippen LogP) is 3.14. The molecule has 8 heteroatoms. The fraction of sp³-hybridized carbons (Fsp3) is 0.273. The van der Waals surface area contributed by atoms with Gasteiger partial charge in [-0.1, -0.05) is 26.0 Å². The molecule has 30 heavy (non-hydrogen) atoms. The number of urea groups is 1. The molecule has 1 N–H and O–H groups in total. The van der Waals surface area contributed by atoms with Gasteiger partial charge in [-0.05, 0) is 54.3 Å². The second-order valence-corrected chi connectivity index (χ2v) is 6.99. The number of anilines is 2. The van der Waals surface area contributed by atoms with Gasteiger partial charge in [-0.25, -0.2) is 14.6 Å². The summed E-state index contributed by atoms with van der Waals surface area (Å²) in [5.74, 6) is -1.67. The van der Waals surface area contributed by atoms with E-state index in [4.69, 9.17) is 4.74 Å². The number of imide groups is 2. The molecular weight excluding hydrogens is 386 g/mol. The van der Waals surface area contributed by atoms with E-state index >= 15 is 0 Å². The Morgan fingerprint density at radius 3 is 2.20 bits per heavy atom. The molecule has 0 radical (unpaired) electrons. The third kappa shape index (κ3) is 4.17. The molecule has 156 valence electrons. The first-order valence-electron chi connectivity index (χ1n) is 9.59. The lowest BCUT2D eigenvalue weighted by Crippen LogP contribution is -2.39. The molecule has 1 aliphatic rings. The van der Waals surface area contributed by atoms with Gasteiger partial charge in [0.1, 0.15) is 12.3 Å². The van der Waals surface area contributed by atoms with Gasteiger partial charge in [-0.3, -0.25) is 14.4 Å². The predicted molar refractivity (Wildman–Crippen MR) is 111 cm³/mol. The first kappa shape index (κ1) is 21.0. The maximum absolute atomic E-state index is 12.6. The quantitative estimate of drug-likeness (QED) is 0.560. The largest absolute Gasteiger partial charge is 0.497 e. The van der Waals surface area contributed by atoms with Gasteiger partial charge in [0.05, 0.1) is 12.8 Å². The summed E-state index contributed by atoms with van der Waals surface area (Å²) in [6.07, 6.45) is 1.00. The number of nitrogens with zero attached hydrogens (tertiary/aromatic N) is 2. The van der Waals surface area contributed by atoms with Crippen LogP contribution in [0.3, 0.4) is 0 Å². The molecule has 0 aromatic heterocycles. The molecule has 8 nitrogen and oxygen atoms in total. The van der Waals surface area contributed by atoms with Crippen molar-refractivity contribution in [1.29, 1.82) is 0 Å². The van der Waals surface area contributed by atoms with Gasteiger partial charge in [0, 0.05) is 5.69 Å². The molecule has 0 unspecified atom stereocenters. The number of hydrogen-bond donors (Lipinski definition) is 1. The molecule has 0 spiro atoms.